The second-order valence-corrected chi connectivity index (χ2v) is 10.5. The third-order valence-electron chi connectivity index (χ3n) is 6.51. The summed E-state index contributed by atoms with van der Waals surface area (Å²) in [6.07, 6.45) is 26.7. The van der Waals surface area contributed by atoms with E-state index in [2.05, 4.69) is 34.6 Å². The summed E-state index contributed by atoms with van der Waals surface area (Å²) in [5.41, 5.74) is 1.27. The first kappa shape index (κ1) is 46.9. The molecule has 0 bridgehead atoms. The van der Waals surface area contributed by atoms with Gasteiger partial charge in [-0.3, -0.25) is 0 Å². The van der Waals surface area contributed by atoms with Gasteiger partial charge >= 0.3 is 23.9 Å². The maximum absolute atomic E-state index is 10.4. The smallest absolute Gasteiger partial charge is 0.550 e. The molecular formula is C36H64O4Sn. The largest absolute Gasteiger partial charge is 2.00 e. The third kappa shape index (κ3) is 43.5. The van der Waals surface area contributed by atoms with Crippen LogP contribution in [0.25, 0.3) is 0 Å². The van der Waals surface area contributed by atoms with Gasteiger partial charge in [-0.15, -0.1) is 0 Å². The van der Waals surface area contributed by atoms with Crippen molar-refractivity contribution >= 4 is 35.8 Å². The van der Waals surface area contributed by atoms with E-state index in [0.717, 1.165) is 37.7 Å². The first-order valence-corrected chi connectivity index (χ1v) is 16.4. The van der Waals surface area contributed by atoms with E-state index in [-0.39, 0.29) is 35.9 Å². The Morgan fingerprint density at radius 3 is 1.27 bits per heavy atom. The van der Waals surface area contributed by atoms with Crippen LogP contribution in [0.3, 0.4) is 0 Å². The quantitative estimate of drug-likeness (QED) is 0.0961. The van der Waals surface area contributed by atoms with Crippen LogP contribution in [0.2, 0.25) is 0 Å². The predicted octanol–water partition coefficient (Wildman–Crippen LogP) is 8.86. The van der Waals surface area contributed by atoms with Gasteiger partial charge < -0.3 is 19.8 Å². The van der Waals surface area contributed by atoms with Gasteiger partial charge in [0, 0.05) is 5.97 Å². The van der Waals surface area contributed by atoms with Crippen molar-refractivity contribution in [3.05, 3.63) is 49.2 Å². The van der Waals surface area contributed by atoms with Crippen molar-refractivity contribution in [1.82, 2.24) is 0 Å². The minimum absolute atomic E-state index is 0. The number of carbonyl (C=O) groups is 2. The zero-order valence-electron chi connectivity index (χ0n) is 27.4. The molecule has 0 unspecified atom stereocenters. The summed E-state index contributed by atoms with van der Waals surface area (Å²) in [5.74, 6) is -2.01. The molecule has 236 valence electrons. The Morgan fingerprint density at radius 2 is 0.976 bits per heavy atom. The second kappa shape index (κ2) is 41.1. The first-order valence-electron chi connectivity index (χ1n) is 16.4. The zero-order valence-corrected chi connectivity index (χ0v) is 30.3. The van der Waals surface area contributed by atoms with E-state index in [1.54, 1.807) is 12.1 Å². The average molecular weight is 680 g/mol. The molecule has 0 atom stereocenters. The number of benzene rings is 1. The van der Waals surface area contributed by atoms with Crippen molar-refractivity contribution in [2.24, 2.45) is 0 Å². The molecule has 0 aliphatic carbocycles. The zero-order chi connectivity index (χ0) is 30.7. The molecule has 0 aliphatic rings. The number of aromatic carboxylic acids is 1. The van der Waals surface area contributed by atoms with Gasteiger partial charge in [0.2, 0.25) is 0 Å². The fraction of sp³-hybridized carbons (Fsp3) is 0.722. The van der Waals surface area contributed by atoms with Crippen molar-refractivity contribution in [2.75, 3.05) is 0 Å². The van der Waals surface area contributed by atoms with E-state index < -0.39 is 11.9 Å². The summed E-state index contributed by atoms with van der Waals surface area (Å²) in [4.78, 5) is 20.6. The van der Waals surface area contributed by atoms with Crippen LogP contribution in [0, 0.1) is 13.8 Å². The number of unbranched alkanes of at least 4 members (excludes halogenated alkanes) is 17. The number of rotatable bonds is 21. The topological polar surface area (TPSA) is 80.3 Å². The normalized spacial score (nSPS) is 9.61. The molecular weight excluding hydrogens is 615 g/mol. The molecule has 1 aromatic rings. The average Bonchev–Trinajstić information content (AvgIpc) is 2.97. The maximum Gasteiger partial charge on any atom is 2.00 e. The van der Waals surface area contributed by atoms with Gasteiger partial charge in [0.25, 0.3) is 0 Å². The Morgan fingerprint density at radius 1 is 0.610 bits per heavy atom. The minimum atomic E-state index is -1.11. The number of hydrogen-bond acceptors (Lipinski definition) is 4. The summed E-state index contributed by atoms with van der Waals surface area (Å²) in [5, 5.41) is 20.6. The van der Waals surface area contributed by atoms with Gasteiger partial charge in [0.15, 0.2) is 0 Å². The van der Waals surface area contributed by atoms with Crippen LogP contribution >= 0.6 is 0 Å². The van der Waals surface area contributed by atoms with E-state index in [1.165, 1.54) is 109 Å². The SMILES string of the molecule is CCCCCCCCCCCCCCCCCCC(=O)[O-].CCc1cccc(C(=O)[O-])c1.[CH2]CCC.[CH2]CCC.[Sn+2]. The maximum atomic E-state index is 10.4. The molecule has 1 aromatic carbocycles. The van der Waals surface area contributed by atoms with E-state index in [1.807, 2.05) is 13.0 Å². The molecule has 0 aliphatic heterocycles. The van der Waals surface area contributed by atoms with Crippen molar-refractivity contribution in [3.8, 4) is 0 Å². The van der Waals surface area contributed by atoms with E-state index in [9.17, 15) is 19.8 Å². The van der Waals surface area contributed by atoms with Crippen LogP contribution < -0.4 is 10.2 Å². The van der Waals surface area contributed by atoms with Crippen molar-refractivity contribution in [1.29, 1.82) is 0 Å². The number of carbonyl (C=O) groups excluding carboxylic acids is 2. The standard InChI is InChI=1S/C19H38O2.C9H10O2.2C4H9.Sn/c1-2-3-4-5-6-7-8-9-10-11-12-13-14-15-16-17-18-19(20)21;1-2-7-4-3-5-8(6-7)9(10)11;2*1-3-4-2;/h2-18H2,1H3,(H,20,21);3-6H,2H2,1H3,(H,10,11);2*1,3-4H2,2H3;/q;;;;+2/p-2. The Bertz CT molecular complexity index is 640. The fourth-order valence-corrected chi connectivity index (χ4v) is 3.74. The summed E-state index contributed by atoms with van der Waals surface area (Å²) in [6.45, 7) is 15.7. The summed E-state index contributed by atoms with van der Waals surface area (Å²) >= 11 is 0. The fourth-order valence-electron chi connectivity index (χ4n) is 3.74. The van der Waals surface area contributed by atoms with Crippen LogP contribution in [-0.4, -0.2) is 35.8 Å². The summed E-state index contributed by atoms with van der Waals surface area (Å²) in [6, 6.07) is 6.79. The van der Waals surface area contributed by atoms with Gasteiger partial charge in [-0.25, -0.2) is 0 Å². The molecule has 0 saturated heterocycles. The number of hydrogen-bond donors (Lipinski definition) is 0. The molecule has 4 nitrogen and oxygen atoms in total. The number of aryl methyl sites for hydroxylation is 1. The van der Waals surface area contributed by atoms with Crippen molar-refractivity contribution < 1.29 is 19.8 Å². The molecule has 41 heavy (non-hydrogen) atoms. The molecule has 0 fully saturated rings. The van der Waals surface area contributed by atoms with Gasteiger partial charge in [-0.1, -0.05) is 182 Å². The van der Waals surface area contributed by atoms with E-state index in [4.69, 9.17) is 0 Å². The molecule has 4 radical (unpaired) electrons. The van der Waals surface area contributed by atoms with Crippen molar-refractivity contribution in [2.45, 2.75) is 169 Å². The molecule has 0 heterocycles. The number of aliphatic carboxylic acids is 1. The van der Waals surface area contributed by atoms with Gasteiger partial charge in [0.05, 0.1) is 5.97 Å². The molecule has 1 rings (SSSR count). The number of carboxylic acid groups (broad SMARTS) is 2. The minimum Gasteiger partial charge on any atom is -0.550 e. The van der Waals surface area contributed by atoms with Crippen LogP contribution in [0.1, 0.15) is 178 Å². The first-order chi connectivity index (χ1) is 19.3. The van der Waals surface area contributed by atoms with E-state index >= 15 is 0 Å². The second-order valence-electron chi connectivity index (χ2n) is 10.5. The van der Waals surface area contributed by atoms with Crippen molar-refractivity contribution in [3.63, 3.8) is 0 Å². The van der Waals surface area contributed by atoms with Crippen LogP contribution in [0.4, 0.5) is 0 Å². The van der Waals surface area contributed by atoms with Crippen LogP contribution in [0.15, 0.2) is 24.3 Å². The van der Waals surface area contributed by atoms with E-state index in [0.29, 0.717) is 0 Å². The predicted molar refractivity (Wildman–Crippen MR) is 176 cm³/mol. The third-order valence-corrected chi connectivity index (χ3v) is 6.51. The Hall–Kier alpha value is -1.04. The molecule has 0 N–H and O–H groups in total. The number of carboxylic acids is 2. The van der Waals surface area contributed by atoms with Crippen LogP contribution in [0.5, 0.6) is 0 Å². The monoisotopic (exact) mass is 680 g/mol. The Kier molecular flexibility index (Phi) is 47.0. The molecule has 0 aromatic heterocycles. The van der Waals surface area contributed by atoms with Crippen LogP contribution in [-0.2, 0) is 11.2 Å². The van der Waals surface area contributed by atoms with Gasteiger partial charge in [-0.2, -0.15) is 0 Å². The molecule has 0 amide bonds. The van der Waals surface area contributed by atoms with Gasteiger partial charge in [-0.05, 0) is 36.5 Å². The Labute approximate surface area is 272 Å². The summed E-state index contributed by atoms with van der Waals surface area (Å²) in [7, 11) is 0. The summed E-state index contributed by atoms with van der Waals surface area (Å²) < 4.78 is 0. The Balaban J connectivity index is -0.000000283. The molecule has 0 saturated carbocycles. The van der Waals surface area contributed by atoms with Gasteiger partial charge in [0.1, 0.15) is 0 Å². The molecule has 0 spiro atoms. The molecule has 5 heteroatoms.